The van der Waals surface area contributed by atoms with Crippen LogP contribution in [0.4, 0.5) is 0 Å². The Bertz CT molecular complexity index is 121. The van der Waals surface area contributed by atoms with Crippen LogP contribution in [-0.2, 0) is 0 Å². The van der Waals surface area contributed by atoms with Gasteiger partial charge in [0.1, 0.15) is 0 Å². The van der Waals surface area contributed by atoms with Gasteiger partial charge in [0.2, 0.25) is 0 Å². The van der Waals surface area contributed by atoms with Crippen molar-refractivity contribution in [3.8, 4) is 0 Å². The molecule has 1 N–H and O–H groups in total. The van der Waals surface area contributed by atoms with Gasteiger partial charge in [0.15, 0.2) is 0 Å². The maximum absolute atomic E-state index is 9.49. The number of fused-ring (bicyclic) bond motifs is 1. The molecule has 2 saturated carbocycles. The third kappa shape index (κ3) is 0.493. The highest BCUT2D eigenvalue weighted by Crippen LogP contribution is 2.60. The van der Waals surface area contributed by atoms with E-state index in [4.69, 9.17) is 0 Å². The SMILES string of the molecule is CC1C(C)C2C(O)C(C)C12. The molecule has 0 saturated heterocycles. The van der Waals surface area contributed by atoms with Crippen molar-refractivity contribution < 1.29 is 5.11 Å². The van der Waals surface area contributed by atoms with Gasteiger partial charge in [-0.2, -0.15) is 0 Å². The minimum atomic E-state index is 0.0243. The Hall–Kier alpha value is -0.0400. The lowest BCUT2D eigenvalue weighted by Crippen LogP contribution is -2.65. The van der Waals surface area contributed by atoms with Gasteiger partial charge < -0.3 is 5.11 Å². The number of aliphatic hydroxyl groups excluding tert-OH is 1. The van der Waals surface area contributed by atoms with E-state index in [9.17, 15) is 5.11 Å². The minimum absolute atomic E-state index is 0.0243. The summed E-state index contributed by atoms with van der Waals surface area (Å²) >= 11 is 0. The summed E-state index contributed by atoms with van der Waals surface area (Å²) < 4.78 is 0. The summed E-state index contributed by atoms with van der Waals surface area (Å²) in [4.78, 5) is 0. The molecule has 2 rings (SSSR count). The van der Waals surface area contributed by atoms with Crippen molar-refractivity contribution in [3.63, 3.8) is 0 Å². The van der Waals surface area contributed by atoms with E-state index >= 15 is 0 Å². The van der Waals surface area contributed by atoms with Crippen LogP contribution >= 0.6 is 0 Å². The molecule has 58 valence electrons. The monoisotopic (exact) mass is 140 g/mol. The molecule has 0 radical (unpaired) electrons. The number of aliphatic hydroxyl groups is 1. The summed E-state index contributed by atoms with van der Waals surface area (Å²) in [5.74, 6) is 3.73. The second kappa shape index (κ2) is 1.76. The molecule has 2 fully saturated rings. The molecule has 0 aliphatic heterocycles. The van der Waals surface area contributed by atoms with Crippen LogP contribution in [0.15, 0.2) is 0 Å². The second-order valence-electron chi connectivity index (χ2n) is 4.22. The standard InChI is InChI=1S/C9H16O/c1-4-5(2)8-7(4)6(3)9(8)10/h4-10H,1-3H3. The molecule has 6 unspecified atom stereocenters. The van der Waals surface area contributed by atoms with E-state index in [0.29, 0.717) is 11.8 Å². The average Bonchev–Trinajstić information content (AvgIpc) is 1.95. The highest BCUT2D eigenvalue weighted by Gasteiger charge is 2.60. The molecule has 0 aromatic carbocycles. The maximum atomic E-state index is 9.49. The molecule has 1 heteroatoms. The second-order valence-corrected chi connectivity index (χ2v) is 4.22. The first kappa shape index (κ1) is 6.66. The van der Waals surface area contributed by atoms with E-state index in [1.165, 1.54) is 0 Å². The first-order valence-corrected chi connectivity index (χ1v) is 4.32. The van der Waals surface area contributed by atoms with Gasteiger partial charge in [-0.3, -0.25) is 0 Å². The van der Waals surface area contributed by atoms with Gasteiger partial charge in [-0.15, -0.1) is 0 Å². The molecular formula is C9H16O. The third-order valence-electron chi connectivity index (χ3n) is 4.03. The van der Waals surface area contributed by atoms with Crippen LogP contribution in [0.5, 0.6) is 0 Å². The fourth-order valence-corrected chi connectivity index (χ4v) is 3.06. The lowest BCUT2D eigenvalue weighted by molar-refractivity contribution is -0.221. The molecule has 10 heavy (non-hydrogen) atoms. The van der Waals surface area contributed by atoms with Crippen molar-refractivity contribution in [2.75, 3.05) is 0 Å². The van der Waals surface area contributed by atoms with Crippen LogP contribution in [0.3, 0.4) is 0 Å². The van der Waals surface area contributed by atoms with Crippen molar-refractivity contribution in [1.82, 2.24) is 0 Å². The Kier molecular flexibility index (Phi) is 1.17. The van der Waals surface area contributed by atoms with Gasteiger partial charge in [-0.25, -0.2) is 0 Å². The lowest BCUT2D eigenvalue weighted by Gasteiger charge is -2.64. The molecule has 0 spiro atoms. The summed E-state index contributed by atoms with van der Waals surface area (Å²) in [6, 6.07) is 0. The first-order valence-electron chi connectivity index (χ1n) is 4.32. The maximum Gasteiger partial charge on any atom is 0.0602 e. The smallest absolute Gasteiger partial charge is 0.0602 e. The van der Waals surface area contributed by atoms with E-state index in [2.05, 4.69) is 20.8 Å². The zero-order chi connectivity index (χ0) is 7.46. The van der Waals surface area contributed by atoms with Crippen molar-refractivity contribution >= 4 is 0 Å². The largest absolute Gasteiger partial charge is 0.393 e. The van der Waals surface area contributed by atoms with Gasteiger partial charge >= 0.3 is 0 Å². The summed E-state index contributed by atoms with van der Waals surface area (Å²) in [6.45, 7) is 6.75. The summed E-state index contributed by atoms with van der Waals surface area (Å²) in [5, 5.41) is 9.49. The average molecular weight is 140 g/mol. The van der Waals surface area contributed by atoms with Gasteiger partial charge in [0.25, 0.3) is 0 Å². The van der Waals surface area contributed by atoms with Crippen LogP contribution in [0.2, 0.25) is 0 Å². The summed E-state index contributed by atoms with van der Waals surface area (Å²) in [5.41, 5.74) is 0. The number of hydrogen-bond acceptors (Lipinski definition) is 1. The normalized spacial score (nSPS) is 66.0. The number of hydrogen-bond donors (Lipinski definition) is 1. The van der Waals surface area contributed by atoms with Crippen molar-refractivity contribution in [2.45, 2.75) is 26.9 Å². The topological polar surface area (TPSA) is 20.2 Å². The van der Waals surface area contributed by atoms with Gasteiger partial charge in [0.05, 0.1) is 6.10 Å². The van der Waals surface area contributed by atoms with Crippen LogP contribution < -0.4 is 0 Å². The van der Waals surface area contributed by atoms with Crippen molar-refractivity contribution in [2.24, 2.45) is 29.6 Å². The van der Waals surface area contributed by atoms with Crippen molar-refractivity contribution in [1.29, 1.82) is 0 Å². The molecule has 0 heterocycles. The lowest BCUT2D eigenvalue weighted by atomic mass is 9.42. The Morgan fingerprint density at radius 2 is 1.30 bits per heavy atom. The molecule has 0 aromatic rings. The zero-order valence-electron chi connectivity index (χ0n) is 6.91. The van der Waals surface area contributed by atoms with E-state index < -0.39 is 0 Å². The Morgan fingerprint density at radius 1 is 0.800 bits per heavy atom. The van der Waals surface area contributed by atoms with E-state index in [0.717, 1.165) is 17.8 Å². The molecule has 2 aliphatic carbocycles. The van der Waals surface area contributed by atoms with Crippen LogP contribution in [0.25, 0.3) is 0 Å². The highest BCUT2D eigenvalue weighted by atomic mass is 16.3. The van der Waals surface area contributed by atoms with E-state index in [1.54, 1.807) is 0 Å². The predicted octanol–water partition coefficient (Wildman–Crippen LogP) is 1.52. The molecule has 1 nitrogen and oxygen atoms in total. The Morgan fingerprint density at radius 3 is 1.80 bits per heavy atom. The van der Waals surface area contributed by atoms with Gasteiger partial charge in [0, 0.05) is 0 Å². The van der Waals surface area contributed by atoms with Crippen LogP contribution in [0.1, 0.15) is 20.8 Å². The zero-order valence-corrected chi connectivity index (χ0v) is 6.91. The minimum Gasteiger partial charge on any atom is -0.393 e. The van der Waals surface area contributed by atoms with Gasteiger partial charge in [-0.05, 0) is 29.6 Å². The molecule has 0 amide bonds. The molecule has 0 bridgehead atoms. The summed E-state index contributed by atoms with van der Waals surface area (Å²) in [7, 11) is 0. The van der Waals surface area contributed by atoms with Crippen LogP contribution in [0, 0.1) is 29.6 Å². The Balaban J connectivity index is 2.07. The predicted molar refractivity (Wildman–Crippen MR) is 40.5 cm³/mol. The number of rotatable bonds is 0. The molecular weight excluding hydrogens is 124 g/mol. The fourth-order valence-electron chi connectivity index (χ4n) is 3.06. The van der Waals surface area contributed by atoms with E-state index in [1.807, 2.05) is 0 Å². The summed E-state index contributed by atoms with van der Waals surface area (Å²) in [6.07, 6.45) is 0.0243. The molecule has 2 aliphatic rings. The molecule has 6 atom stereocenters. The Labute approximate surface area is 62.4 Å². The quantitative estimate of drug-likeness (QED) is 0.541. The van der Waals surface area contributed by atoms with E-state index in [-0.39, 0.29) is 6.10 Å². The third-order valence-corrected chi connectivity index (χ3v) is 4.03. The fraction of sp³-hybridized carbons (Fsp3) is 1.00. The molecule has 0 aromatic heterocycles. The first-order chi connectivity index (χ1) is 4.64. The van der Waals surface area contributed by atoms with Crippen LogP contribution in [-0.4, -0.2) is 11.2 Å². The highest BCUT2D eigenvalue weighted by molar-refractivity contribution is 5.08. The van der Waals surface area contributed by atoms with Gasteiger partial charge in [-0.1, -0.05) is 20.8 Å². The van der Waals surface area contributed by atoms with Crippen molar-refractivity contribution in [3.05, 3.63) is 0 Å².